The molecule has 4 rings (SSSR count). The molecule has 1 heterocycles. The summed E-state index contributed by atoms with van der Waals surface area (Å²) in [7, 11) is 1.32. The smallest absolute Gasteiger partial charge is 0.337 e. The minimum atomic E-state index is -0.705. The van der Waals surface area contributed by atoms with Gasteiger partial charge in [-0.1, -0.05) is 79.7 Å². The first-order valence-corrected chi connectivity index (χ1v) is 12.3. The summed E-state index contributed by atoms with van der Waals surface area (Å²) in [4.78, 5) is 40.7. The van der Waals surface area contributed by atoms with Gasteiger partial charge in [-0.15, -0.1) is 0 Å². The van der Waals surface area contributed by atoms with Gasteiger partial charge in [-0.05, 0) is 42.2 Å². The third-order valence-corrected chi connectivity index (χ3v) is 6.46. The Kier molecular flexibility index (Phi) is 8.03. The largest absolute Gasteiger partial charge is 0.466 e. The van der Waals surface area contributed by atoms with Crippen LogP contribution in [0.2, 0.25) is 0 Å². The normalized spacial score (nSPS) is 15.4. The summed E-state index contributed by atoms with van der Waals surface area (Å²) in [5, 5.41) is 5.97. The third kappa shape index (κ3) is 5.56. The molecule has 0 radical (unpaired) electrons. The molecule has 2 N–H and O–H groups in total. The minimum absolute atomic E-state index is 0.184. The fourth-order valence-electron chi connectivity index (χ4n) is 4.70. The molecule has 0 saturated heterocycles. The highest BCUT2D eigenvalue weighted by Gasteiger charge is 2.36. The van der Waals surface area contributed by atoms with Gasteiger partial charge < -0.3 is 15.4 Å². The van der Waals surface area contributed by atoms with Crippen molar-refractivity contribution in [2.45, 2.75) is 32.2 Å². The van der Waals surface area contributed by atoms with Crippen LogP contribution in [-0.2, 0) is 14.3 Å². The highest BCUT2D eigenvalue weighted by molar-refractivity contribution is 5.98. The number of hydrogen-bond donors (Lipinski definition) is 2. The standard InChI is InChI=1S/C30H31N3O4/c1-4-18-33-20(2)25(29(35)37-3)27(32-30(33)36)23-16-11-17-24(19-23)31-28(34)26(21-12-7-5-8-13-21)22-14-9-6-10-15-22/h5-17,19,26-27H,4,18H2,1-3H3,(H,31,34)(H,32,36). The molecule has 1 atom stereocenters. The van der Waals surface area contributed by atoms with Gasteiger partial charge in [-0.2, -0.15) is 0 Å². The molecule has 0 saturated carbocycles. The van der Waals surface area contributed by atoms with Crippen molar-refractivity contribution >= 4 is 23.6 Å². The van der Waals surface area contributed by atoms with Crippen LogP contribution in [0.4, 0.5) is 10.5 Å². The fourth-order valence-corrected chi connectivity index (χ4v) is 4.70. The highest BCUT2D eigenvalue weighted by atomic mass is 16.5. The number of carbonyl (C=O) groups excluding carboxylic acids is 3. The van der Waals surface area contributed by atoms with Crippen molar-refractivity contribution < 1.29 is 19.1 Å². The van der Waals surface area contributed by atoms with Crippen molar-refractivity contribution in [3.63, 3.8) is 0 Å². The summed E-state index contributed by atoms with van der Waals surface area (Å²) in [6, 6.07) is 25.4. The van der Waals surface area contributed by atoms with E-state index in [1.807, 2.05) is 73.7 Å². The lowest BCUT2D eigenvalue weighted by Crippen LogP contribution is -2.48. The molecule has 37 heavy (non-hydrogen) atoms. The van der Waals surface area contributed by atoms with Crippen molar-refractivity contribution in [3.8, 4) is 0 Å². The number of esters is 1. The maximum absolute atomic E-state index is 13.6. The van der Waals surface area contributed by atoms with Gasteiger partial charge in [0.2, 0.25) is 5.91 Å². The number of nitrogens with zero attached hydrogens (tertiary/aromatic N) is 1. The molecular formula is C30H31N3O4. The molecule has 3 aromatic carbocycles. The first kappa shape index (κ1) is 25.7. The summed E-state index contributed by atoms with van der Waals surface area (Å²) in [5.41, 5.74) is 3.91. The van der Waals surface area contributed by atoms with Gasteiger partial charge in [-0.25, -0.2) is 9.59 Å². The second-order valence-electron chi connectivity index (χ2n) is 8.89. The van der Waals surface area contributed by atoms with E-state index in [0.717, 1.165) is 17.5 Å². The van der Waals surface area contributed by atoms with Gasteiger partial charge >= 0.3 is 12.0 Å². The van der Waals surface area contributed by atoms with Crippen LogP contribution in [0.1, 0.15) is 48.9 Å². The summed E-state index contributed by atoms with van der Waals surface area (Å²) >= 11 is 0. The molecule has 1 aliphatic rings. The van der Waals surface area contributed by atoms with Crippen LogP contribution < -0.4 is 10.6 Å². The topological polar surface area (TPSA) is 87.7 Å². The molecule has 0 aromatic heterocycles. The van der Waals surface area contributed by atoms with Crippen LogP contribution in [-0.4, -0.2) is 36.5 Å². The van der Waals surface area contributed by atoms with Crippen LogP contribution in [0.25, 0.3) is 0 Å². The van der Waals surface area contributed by atoms with Gasteiger partial charge in [0.15, 0.2) is 0 Å². The second kappa shape index (κ2) is 11.6. The summed E-state index contributed by atoms with van der Waals surface area (Å²) in [6.45, 7) is 4.21. The molecule has 3 aromatic rings. The van der Waals surface area contributed by atoms with Crippen molar-refractivity contribution in [3.05, 3.63) is 113 Å². The molecule has 190 valence electrons. The molecule has 0 spiro atoms. The quantitative estimate of drug-likeness (QED) is 0.409. The van der Waals surface area contributed by atoms with E-state index in [1.165, 1.54) is 7.11 Å². The van der Waals surface area contributed by atoms with E-state index in [2.05, 4.69) is 10.6 Å². The van der Waals surface area contributed by atoms with Gasteiger partial charge in [0.05, 0.1) is 24.6 Å². The first-order valence-electron chi connectivity index (χ1n) is 12.3. The minimum Gasteiger partial charge on any atom is -0.466 e. The number of ether oxygens (including phenoxy) is 1. The summed E-state index contributed by atoms with van der Waals surface area (Å²) in [5.74, 6) is -1.20. The predicted octanol–water partition coefficient (Wildman–Crippen LogP) is 5.38. The van der Waals surface area contributed by atoms with Gasteiger partial charge in [-0.3, -0.25) is 9.69 Å². The Balaban J connectivity index is 1.66. The first-order chi connectivity index (χ1) is 17.9. The zero-order chi connectivity index (χ0) is 26.4. The van der Waals surface area contributed by atoms with Gasteiger partial charge in [0.1, 0.15) is 0 Å². The molecule has 1 aliphatic heterocycles. The molecule has 3 amide bonds. The maximum atomic E-state index is 13.6. The Bertz CT molecular complexity index is 1270. The summed E-state index contributed by atoms with van der Waals surface area (Å²) in [6.07, 6.45) is 0.745. The van der Waals surface area contributed by atoms with Crippen LogP contribution in [0, 0.1) is 0 Å². The third-order valence-electron chi connectivity index (χ3n) is 6.46. The number of hydrogen-bond acceptors (Lipinski definition) is 4. The Hall–Kier alpha value is -4.39. The molecular weight excluding hydrogens is 466 g/mol. The Morgan fingerprint density at radius 3 is 2.16 bits per heavy atom. The molecule has 7 heteroatoms. The number of allylic oxidation sites excluding steroid dienone is 1. The van der Waals surface area contributed by atoms with Crippen molar-refractivity contribution in [1.82, 2.24) is 10.2 Å². The van der Waals surface area contributed by atoms with E-state index in [9.17, 15) is 14.4 Å². The fraction of sp³-hybridized carbons (Fsp3) is 0.233. The Morgan fingerprint density at radius 1 is 0.973 bits per heavy atom. The van der Waals surface area contributed by atoms with E-state index < -0.39 is 17.9 Å². The van der Waals surface area contributed by atoms with Gasteiger partial charge in [0.25, 0.3) is 0 Å². The molecule has 0 aliphatic carbocycles. The number of amides is 3. The van der Waals surface area contributed by atoms with Crippen LogP contribution in [0.15, 0.2) is 96.2 Å². The second-order valence-corrected chi connectivity index (χ2v) is 8.89. The molecule has 0 bridgehead atoms. The lowest BCUT2D eigenvalue weighted by Gasteiger charge is -2.35. The molecule has 7 nitrogen and oxygen atoms in total. The van der Waals surface area contributed by atoms with E-state index in [4.69, 9.17) is 4.74 Å². The maximum Gasteiger partial charge on any atom is 0.337 e. The Morgan fingerprint density at radius 2 is 1.59 bits per heavy atom. The zero-order valence-electron chi connectivity index (χ0n) is 21.2. The van der Waals surface area contributed by atoms with Crippen LogP contribution in [0.3, 0.4) is 0 Å². The highest BCUT2D eigenvalue weighted by Crippen LogP contribution is 2.33. The lowest BCUT2D eigenvalue weighted by atomic mass is 9.90. The van der Waals surface area contributed by atoms with E-state index >= 15 is 0 Å². The predicted molar refractivity (Wildman–Crippen MR) is 143 cm³/mol. The lowest BCUT2D eigenvalue weighted by molar-refractivity contribution is -0.136. The summed E-state index contributed by atoms with van der Waals surface area (Å²) < 4.78 is 5.05. The number of benzene rings is 3. The molecule has 1 unspecified atom stereocenters. The SMILES string of the molecule is CCCN1C(=O)NC(c2cccc(NC(=O)C(c3ccccc3)c3ccccc3)c2)C(C(=O)OC)=C1C. The van der Waals surface area contributed by atoms with Crippen LogP contribution in [0.5, 0.6) is 0 Å². The van der Waals surface area contributed by atoms with E-state index in [1.54, 1.807) is 30.0 Å². The van der Waals surface area contributed by atoms with Crippen LogP contribution >= 0.6 is 0 Å². The number of anilines is 1. The number of rotatable bonds is 8. The average molecular weight is 498 g/mol. The number of carbonyl (C=O) groups is 3. The Labute approximate surface area is 217 Å². The van der Waals surface area contributed by atoms with Crippen molar-refractivity contribution in [2.75, 3.05) is 19.0 Å². The van der Waals surface area contributed by atoms with Gasteiger partial charge in [0, 0.05) is 17.9 Å². The number of nitrogens with one attached hydrogen (secondary N) is 2. The monoisotopic (exact) mass is 497 g/mol. The molecule has 0 fully saturated rings. The van der Waals surface area contributed by atoms with Crippen molar-refractivity contribution in [1.29, 1.82) is 0 Å². The van der Waals surface area contributed by atoms with E-state index in [-0.39, 0.29) is 11.9 Å². The number of urea groups is 1. The van der Waals surface area contributed by atoms with Crippen molar-refractivity contribution in [2.24, 2.45) is 0 Å². The number of methoxy groups -OCH3 is 1. The average Bonchev–Trinajstić information content (AvgIpc) is 2.92. The zero-order valence-corrected chi connectivity index (χ0v) is 21.2. The van der Waals surface area contributed by atoms with E-state index in [0.29, 0.717) is 29.1 Å².